The fourth-order valence-corrected chi connectivity index (χ4v) is 4.17. The van der Waals surface area contributed by atoms with Crippen LogP contribution < -0.4 is 5.32 Å². The topological polar surface area (TPSA) is 67.2 Å². The van der Waals surface area contributed by atoms with Gasteiger partial charge in [0.15, 0.2) is 0 Å². The molecular weight excluding hydrogens is 436 g/mol. The highest BCUT2D eigenvalue weighted by molar-refractivity contribution is 5.95. The highest BCUT2D eigenvalue weighted by atomic mass is 16.2. The smallest absolute Gasteiger partial charge is 0.267 e. The number of carbonyl (C=O) groups excluding carboxylic acids is 2. The molecule has 0 aliphatic rings. The first-order valence-corrected chi connectivity index (χ1v) is 11.7. The molecule has 4 rings (SSSR count). The zero-order chi connectivity index (χ0) is 24.6. The molecule has 1 N–H and O–H groups in total. The Balaban J connectivity index is 1.49. The minimum absolute atomic E-state index is 0.0579. The molecule has 0 aliphatic carbocycles. The summed E-state index contributed by atoms with van der Waals surface area (Å²) in [5, 5.41) is 3.00. The monoisotopic (exact) mass is 466 g/mol. The van der Waals surface area contributed by atoms with E-state index in [1.165, 1.54) is 0 Å². The number of hydrogen-bond acceptors (Lipinski definition) is 3. The fraction of sp³-hybridized carbons (Fsp3) is 0.207. The number of benzene rings is 2. The van der Waals surface area contributed by atoms with E-state index < -0.39 is 0 Å². The standard InChI is InChI=1S/C29H30N4O2/c1-32-19-9-15-27(32)28(34)31-18-16-25(20-22-10-4-3-5-11-22)33(2)29(35)24-13-8-12-23(21-24)26-14-6-7-17-30-26/h3-15,17,19,21,25H,16,18,20H2,1-2H3,(H,31,34). The normalized spacial score (nSPS) is 11.6. The van der Waals surface area contributed by atoms with Gasteiger partial charge in [0.05, 0.1) is 5.69 Å². The molecule has 0 aliphatic heterocycles. The Kier molecular flexibility index (Phi) is 7.73. The summed E-state index contributed by atoms with van der Waals surface area (Å²) in [5.74, 6) is -0.175. The van der Waals surface area contributed by atoms with Gasteiger partial charge in [-0.05, 0) is 54.8 Å². The number of aryl methyl sites for hydroxylation is 1. The summed E-state index contributed by atoms with van der Waals surface area (Å²) < 4.78 is 1.79. The van der Waals surface area contributed by atoms with E-state index in [1.807, 2.05) is 87.0 Å². The number of nitrogens with zero attached hydrogens (tertiary/aromatic N) is 3. The van der Waals surface area contributed by atoms with Gasteiger partial charge < -0.3 is 14.8 Å². The molecule has 0 saturated heterocycles. The van der Waals surface area contributed by atoms with Gasteiger partial charge in [0.1, 0.15) is 5.69 Å². The molecule has 0 bridgehead atoms. The second-order valence-corrected chi connectivity index (χ2v) is 8.60. The molecule has 2 aromatic carbocycles. The average Bonchev–Trinajstić information content (AvgIpc) is 3.34. The van der Waals surface area contributed by atoms with E-state index >= 15 is 0 Å². The third-order valence-corrected chi connectivity index (χ3v) is 6.19. The van der Waals surface area contributed by atoms with Crippen LogP contribution in [-0.2, 0) is 13.5 Å². The summed E-state index contributed by atoms with van der Waals surface area (Å²) in [7, 11) is 3.68. The third-order valence-electron chi connectivity index (χ3n) is 6.19. The summed E-state index contributed by atoms with van der Waals surface area (Å²) in [6.07, 6.45) is 4.92. The van der Waals surface area contributed by atoms with Crippen molar-refractivity contribution in [1.82, 2.24) is 19.8 Å². The Morgan fingerprint density at radius 3 is 2.49 bits per heavy atom. The van der Waals surface area contributed by atoms with Crippen molar-refractivity contribution in [2.45, 2.75) is 18.9 Å². The Hall–Kier alpha value is -4.19. The molecule has 178 valence electrons. The van der Waals surface area contributed by atoms with Gasteiger partial charge in [0.25, 0.3) is 11.8 Å². The van der Waals surface area contributed by atoms with Gasteiger partial charge >= 0.3 is 0 Å². The molecule has 2 amide bonds. The van der Waals surface area contributed by atoms with Crippen molar-refractivity contribution in [2.24, 2.45) is 7.05 Å². The van der Waals surface area contributed by atoms with E-state index in [0.717, 1.165) is 16.8 Å². The minimum Gasteiger partial charge on any atom is -0.351 e. The first-order valence-electron chi connectivity index (χ1n) is 11.7. The lowest BCUT2D eigenvalue weighted by Crippen LogP contribution is -2.41. The summed E-state index contributed by atoms with van der Waals surface area (Å²) in [4.78, 5) is 32.2. The van der Waals surface area contributed by atoms with Crippen LogP contribution in [0.25, 0.3) is 11.3 Å². The second kappa shape index (κ2) is 11.3. The first kappa shape index (κ1) is 24.0. The number of amides is 2. The number of hydrogen-bond donors (Lipinski definition) is 1. The first-order chi connectivity index (χ1) is 17.0. The van der Waals surface area contributed by atoms with Crippen LogP contribution in [0.3, 0.4) is 0 Å². The van der Waals surface area contributed by atoms with Gasteiger partial charge in [-0.1, -0.05) is 48.5 Å². The van der Waals surface area contributed by atoms with E-state index in [1.54, 1.807) is 21.7 Å². The van der Waals surface area contributed by atoms with Crippen LogP contribution in [0, 0.1) is 0 Å². The molecular formula is C29H30N4O2. The minimum atomic E-state index is -0.118. The van der Waals surface area contributed by atoms with Crippen LogP contribution in [0.15, 0.2) is 97.3 Å². The maximum atomic E-state index is 13.5. The van der Waals surface area contributed by atoms with Crippen molar-refractivity contribution in [3.63, 3.8) is 0 Å². The molecule has 0 radical (unpaired) electrons. The van der Waals surface area contributed by atoms with Gasteiger partial charge in [0, 0.05) is 50.2 Å². The lowest BCUT2D eigenvalue weighted by Gasteiger charge is -2.29. The Bertz CT molecular complexity index is 1270. The van der Waals surface area contributed by atoms with Crippen LogP contribution in [0.1, 0.15) is 32.8 Å². The molecule has 2 aromatic heterocycles. The van der Waals surface area contributed by atoms with E-state index in [9.17, 15) is 9.59 Å². The molecule has 2 heterocycles. The Morgan fingerprint density at radius 2 is 1.77 bits per heavy atom. The quantitative estimate of drug-likeness (QED) is 0.392. The zero-order valence-corrected chi connectivity index (χ0v) is 20.1. The molecule has 0 spiro atoms. The maximum Gasteiger partial charge on any atom is 0.267 e. The van der Waals surface area contributed by atoms with E-state index in [0.29, 0.717) is 30.6 Å². The number of carbonyl (C=O) groups is 2. The third kappa shape index (κ3) is 6.03. The molecule has 1 unspecified atom stereocenters. The van der Waals surface area contributed by atoms with E-state index in [2.05, 4.69) is 22.4 Å². The van der Waals surface area contributed by atoms with Crippen molar-refractivity contribution in [1.29, 1.82) is 0 Å². The Labute approximate surface area is 206 Å². The average molecular weight is 467 g/mol. The molecule has 6 heteroatoms. The summed E-state index contributed by atoms with van der Waals surface area (Å²) in [6, 6.07) is 27.0. The molecule has 0 saturated carbocycles. The summed E-state index contributed by atoms with van der Waals surface area (Å²) in [5.41, 5.74) is 4.10. The largest absolute Gasteiger partial charge is 0.351 e. The molecule has 1 atom stereocenters. The predicted molar refractivity (Wildman–Crippen MR) is 138 cm³/mol. The van der Waals surface area contributed by atoms with Crippen molar-refractivity contribution >= 4 is 11.8 Å². The lowest BCUT2D eigenvalue weighted by molar-refractivity contribution is 0.0723. The lowest BCUT2D eigenvalue weighted by atomic mass is 10.0. The SMILES string of the molecule is CN(C(=O)c1cccc(-c2ccccn2)c1)C(CCNC(=O)c1cccn1C)Cc1ccccc1. The van der Waals surface area contributed by atoms with Crippen molar-refractivity contribution in [3.8, 4) is 11.3 Å². The molecule has 6 nitrogen and oxygen atoms in total. The summed E-state index contributed by atoms with van der Waals surface area (Å²) in [6.45, 7) is 0.465. The van der Waals surface area contributed by atoms with Crippen LogP contribution in [0.5, 0.6) is 0 Å². The van der Waals surface area contributed by atoms with Crippen LogP contribution >= 0.6 is 0 Å². The molecule has 35 heavy (non-hydrogen) atoms. The maximum absolute atomic E-state index is 13.5. The van der Waals surface area contributed by atoms with Gasteiger partial charge in [0.2, 0.25) is 0 Å². The van der Waals surface area contributed by atoms with Gasteiger partial charge in [-0.2, -0.15) is 0 Å². The van der Waals surface area contributed by atoms with Crippen LogP contribution in [0.2, 0.25) is 0 Å². The zero-order valence-electron chi connectivity index (χ0n) is 20.1. The number of rotatable bonds is 9. The van der Waals surface area contributed by atoms with Crippen molar-refractivity contribution in [3.05, 3.63) is 114 Å². The second-order valence-electron chi connectivity index (χ2n) is 8.60. The molecule has 0 fully saturated rings. The van der Waals surface area contributed by atoms with Gasteiger partial charge in [-0.15, -0.1) is 0 Å². The van der Waals surface area contributed by atoms with Gasteiger partial charge in [-0.25, -0.2) is 0 Å². The highest BCUT2D eigenvalue weighted by Gasteiger charge is 2.22. The number of likely N-dealkylation sites (N-methyl/N-ethyl adjacent to an activating group) is 1. The van der Waals surface area contributed by atoms with E-state index in [-0.39, 0.29) is 17.9 Å². The molecule has 4 aromatic rings. The number of pyridine rings is 1. The highest BCUT2D eigenvalue weighted by Crippen LogP contribution is 2.20. The summed E-state index contributed by atoms with van der Waals surface area (Å²) >= 11 is 0. The van der Waals surface area contributed by atoms with Crippen LogP contribution in [0.4, 0.5) is 0 Å². The Morgan fingerprint density at radius 1 is 0.971 bits per heavy atom. The van der Waals surface area contributed by atoms with Crippen molar-refractivity contribution < 1.29 is 9.59 Å². The predicted octanol–water partition coefficient (Wildman–Crippen LogP) is 4.59. The number of aromatic nitrogens is 2. The van der Waals surface area contributed by atoms with Gasteiger partial charge in [-0.3, -0.25) is 14.6 Å². The van der Waals surface area contributed by atoms with Crippen LogP contribution in [-0.4, -0.2) is 45.9 Å². The number of nitrogens with one attached hydrogen (secondary N) is 1. The fourth-order valence-electron chi connectivity index (χ4n) is 4.17. The van der Waals surface area contributed by atoms with Crippen molar-refractivity contribution in [2.75, 3.05) is 13.6 Å². The van der Waals surface area contributed by atoms with E-state index in [4.69, 9.17) is 0 Å².